The predicted octanol–water partition coefficient (Wildman–Crippen LogP) is 5.28. The summed E-state index contributed by atoms with van der Waals surface area (Å²) in [5.74, 6) is -0.00654. The molecule has 0 saturated carbocycles. The van der Waals surface area contributed by atoms with Crippen LogP contribution in [0.25, 0.3) is 17.5 Å². The summed E-state index contributed by atoms with van der Waals surface area (Å²) in [5, 5.41) is 18.3. The minimum absolute atomic E-state index is 0.0282. The third kappa shape index (κ3) is 5.03. The van der Waals surface area contributed by atoms with Gasteiger partial charge in [-0.2, -0.15) is 0 Å². The van der Waals surface area contributed by atoms with Crippen molar-refractivity contribution in [1.82, 2.24) is 10.2 Å². The van der Waals surface area contributed by atoms with Crippen LogP contribution in [-0.2, 0) is 4.79 Å². The normalized spacial score (nSPS) is 11.4. The summed E-state index contributed by atoms with van der Waals surface area (Å²) in [4.78, 5) is 11.6. The van der Waals surface area contributed by atoms with Gasteiger partial charge in [-0.05, 0) is 53.7 Å². The van der Waals surface area contributed by atoms with Gasteiger partial charge in [0.05, 0.1) is 24.8 Å². The number of halogens is 2. The highest BCUT2D eigenvalue weighted by atomic mass is 35.5. The molecule has 150 valence electrons. The van der Waals surface area contributed by atoms with E-state index >= 15 is 0 Å². The van der Waals surface area contributed by atoms with Gasteiger partial charge in [0, 0.05) is 5.02 Å². The number of aliphatic carboxylic acids is 1. The third-order valence-electron chi connectivity index (χ3n) is 3.68. The summed E-state index contributed by atoms with van der Waals surface area (Å²) < 4.78 is 16.0. The lowest BCUT2D eigenvalue weighted by atomic mass is 10.2. The molecule has 1 heterocycles. The molecule has 0 saturated heterocycles. The smallest absolute Gasteiger partial charge is 0.342 e. The molecule has 0 amide bonds. The van der Waals surface area contributed by atoms with Crippen molar-refractivity contribution in [3.05, 3.63) is 56.9 Å². The van der Waals surface area contributed by atoms with Crippen LogP contribution in [0.1, 0.15) is 5.56 Å². The Morgan fingerprint density at radius 2 is 1.83 bits per heavy atom. The van der Waals surface area contributed by atoms with Crippen molar-refractivity contribution in [2.75, 3.05) is 14.2 Å². The lowest BCUT2D eigenvalue weighted by Gasteiger charge is -2.05. The summed E-state index contributed by atoms with van der Waals surface area (Å²) >= 11 is 12.9. The average Bonchev–Trinajstić information content (AvgIpc) is 3.16. The fourth-order valence-electron chi connectivity index (χ4n) is 2.36. The number of carboxylic acids is 1. The van der Waals surface area contributed by atoms with Crippen molar-refractivity contribution >= 4 is 47.0 Å². The van der Waals surface area contributed by atoms with Gasteiger partial charge in [-0.25, -0.2) is 4.79 Å². The lowest BCUT2D eigenvalue weighted by molar-refractivity contribution is -0.131. The Kier molecular flexibility index (Phi) is 6.68. The van der Waals surface area contributed by atoms with Gasteiger partial charge in [-0.3, -0.25) is 0 Å². The van der Waals surface area contributed by atoms with E-state index in [1.165, 1.54) is 20.3 Å². The number of nitrogens with zero attached hydrogens (tertiary/aromatic N) is 2. The number of hydrogen-bond acceptors (Lipinski definition) is 7. The highest BCUT2D eigenvalue weighted by Crippen LogP contribution is 2.35. The van der Waals surface area contributed by atoms with Crippen LogP contribution in [0.4, 0.5) is 0 Å². The number of aromatic nitrogens is 2. The Hall–Kier alpha value is -2.68. The number of hydrogen-bond donors (Lipinski definition) is 1. The van der Waals surface area contributed by atoms with Crippen LogP contribution in [0.15, 0.2) is 50.9 Å². The number of benzene rings is 2. The maximum Gasteiger partial charge on any atom is 0.342 e. The van der Waals surface area contributed by atoms with Crippen molar-refractivity contribution in [3.63, 3.8) is 0 Å². The molecule has 0 spiro atoms. The van der Waals surface area contributed by atoms with E-state index < -0.39 is 5.97 Å². The number of carboxylic acid groups (broad SMARTS) is 1. The summed E-state index contributed by atoms with van der Waals surface area (Å²) in [6.07, 6.45) is 1.45. The van der Waals surface area contributed by atoms with E-state index in [1.54, 1.807) is 36.4 Å². The molecule has 3 rings (SSSR count). The second-order valence-corrected chi connectivity index (χ2v) is 7.36. The average molecular weight is 453 g/mol. The fraction of sp³-hybridized carbons (Fsp3) is 0.105. The molecule has 0 bridgehead atoms. The van der Waals surface area contributed by atoms with E-state index in [0.29, 0.717) is 32.7 Å². The van der Waals surface area contributed by atoms with E-state index in [2.05, 4.69) is 10.2 Å². The van der Waals surface area contributed by atoms with Crippen LogP contribution in [0.5, 0.6) is 11.5 Å². The molecule has 0 aliphatic heterocycles. The van der Waals surface area contributed by atoms with Crippen molar-refractivity contribution in [1.29, 1.82) is 0 Å². The van der Waals surface area contributed by atoms with E-state index in [0.717, 1.165) is 11.8 Å². The third-order valence-corrected chi connectivity index (χ3v) is 5.06. The summed E-state index contributed by atoms with van der Waals surface area (Å²) in [5.41, 5.74) is 1.08. The van der Waals surface area contributed by atoms with Crippen LogP contribution in [0.3, 0.4) is 0 Å². The lowest BCUT2D eigenvalue weighted by Crippen LogP contribution is -1.97. The second kappa shape index (κ2) is 9.21. The van der Waals surface area contributed by atoms with Crippen molar-refractivity contribution in [2.24, 2.45) is 0 Å². The van der Waals surface area contributed by atoms with Gasteiger partial charge in [0.15, 0.2) is 0 Å². The van der Waals surface area contributed by atoms with E-state index in [9.17, 15) is 9.90 Å². The van der Waals surface area contributed by atoms with Crippen LogP contribution >= 0.6 is 35.0 Å². The maximum atomic E-state index is 11.7. The van der Waals surface area contributed by atoms with Gasteiger partial charge in [0.25, 0.3) is 11.1 Å². The highest BCUT2D eigenvalue weighted by molar-refractivity contribution is 8.03. The Bertz CT molecular complexity index is 1080. The van der Waals surface area contributed by atoms with Gasteiger partial charge in [0.2, 0.25) is 0 Å². The first-order valence-electron chi connectivity index (χ1n) is 8.05. The minimum atomic E-state index is -1.15. The van der Waals surface area contributed by atoms with E-state index in [1.807, 2.05) is 0 Å². The Labute approximate surface area is 180 Å². The molecule has 1 N–H and O–H groups in total. The monoisotopic (exact) mass is 452 g/mol. The van der Waals surface area contributed by atoms with Crippen molar-refractivity contribution in [2.45, 2.75) is 5.22 Å². The molecule has 2 aromatic carbocycles. The quantitative estimate of drug-likeness (QED) is 0.382. The zero-order chi connectivity index (χ0) is 21.0. The van der Waals surface area contributed by atoms with Crippen LogP contribution in [0, 0.1) is 0 Å². The first-order valence-corrected chi connectivity index (χ1v) is 9.62. The molecule has 0 aliphatic rings. The maximum absolute atomic E-state index is 11.7. The molecule has 0 aliphatic carbocycles. The molecule has 7 nitrogen and oxygen atoms in total. The molecule has 3 aromatic rings. The summed E-state index contributed by atoms with van der Waals surface area (Å²) in [7, 11) is 3.00. The summed E-state index contributed by atoms with van der Waals surface area (Å²) in [6, 6.07) is 9.89. The molecule has 0 fully saturated rings. The fourth-order valence-corrected chi connectivity index (χ4v) is 3.47. The van der Waals surface area contributed by atoms with Crippen molar-refractivity contribution < 1.29 is 23.8 Å². The Morgan fingerprint density at radius 3 is 2.48 bits per heavy atom. The largest absolute Gasteiger partial charge is 0.496 e. The topological polar surface area (TPSA) is 94.7 Å². The zero-order valence-corrected chi connectivity index (χ0v) is 17.5. The Morgan fingerprint density at radius 1 is 1.10 bits per heavy atom. The van der Waals surface area contributed by atoms with Crippen LogP contribution in [-0.4, -0.2) is 35.5 Å². The summed E-state index contributed by atoms with van der Waals surface area (Å²) in [6.45, 7) is 0. The molecule has 1 aromatic heterocycles. The van der Waals surface area contributed by atoms with E-state index in [4.69, 9.17) is 37.1 Å². The molecule has 0 atom stereocenters. The number of rotatable bonds is 7. The molecular weight excluding hydrogens is 439 g/mol. The predicted molar refractivity (Wildman–Crippen MR) is 111 cm³/mol. The standard InChI is InChI=1S/C19H14Cl2N2O5S/c1-26-14-6-4-11(20)9-12(14)17-22-23-19(28-17)29-16(18(24)25)8-10-3-5-15(27-2)13(21)7-10/h3-9H,1-2H3,(H,24,25)/b16-8+. The SMILES string of the molecule is COc1ccc(/C=C(/Sc2nnc(-c3cc(Cl)ccc3OC)o2)C(=O)O)cc1Cl. The number of ether oxygens (including phenoxy) is 2. The van der Waals surface area contributed by atoms with Gasteiger partial charge in [0.1, 0.15) is 16.4 Å². The van der Waals surface area contributed by atoms with E-state index in [-0.39, 0.29) is 16.0 Å². The minimum Gasteiger partial charge on any atom is -0.496 e. The number of carbonyl (C=O) groups is 1. The van der Waals surface area contributed by atoms with Gasteiger partial charge in [-0.15, -0.1) is 10.2 Å². The van der Waals surface area contributed by atoms with Crippen LogP contribution in [0.2, 0.25) is 10.0 Å². The van der Waals surface area contributed by atoms with Gasteiger partial charge >= 0.3 is 5.97 Å². The highest BCUT2D eigenvalue weighted by Gasteiger charge is 2.18. The van der Waals surface area contributed by atoms with Gasteiger partial charge < -0.3 is 19.0 Å². The second-order valence-electron chi connectivity index (χ2n) is 5.53. The molecular formula is C19H14Cl2N2O5S. The van der Waals surface area contributed by atoms with Crippen LogP contribution < -0.4 is 9.47 Å². The zero-order valence-electron chi connectivity index (χ0n) is 15.2. The number of methoxy groups -OCH3 is 2. The molecule has 0 unspecified atom stereocenters. The molecule has 0 radical (unpaired) electrons. The first-order chi connectivity index (χ1) is 13.9. The molecule has 10 heteroatoms. The Balaban J connectivity index is 1.89. The first kappa shape index (κ1) is 21.0. The molecule has 29 heavy (non-hydrogen) atoms. The van der Waals surface area contributed by atoms with Crippen molar-refractivity contribution in [3.8, 4) is 23.0 Å². The number of thioether (sulfide) groups is 1. The van der Waals surface area contributed by atoms with Gasteiger partial charge in [-0.1, -0.05) is 29.3 Å².